The number of anilines is 2. The molecule has 3 amide bonds. The molecule has 29 heavy (non-hydrogen) atoms. The zero-order valence-corrected chi connectivity index (χ0v) is 16.9. The molecule has 8 heteroatoms. The van der Waals surface area contributed by atoms with Gasteiger partial charge in [-0.1, -0.05) is 23.7 Å². The molecule has 0 aliphatic carbocycles. The number of carbonyl (C=O) groups is 2. The average molecular weight is 419 g/mol. The number of urea groups is 1. The Labute approximate surface area is 174 Å². The van der Waals surface area contributed by atoms with Crippen molar-refractivity contribution in [3.05, 3.63) is 58.9 Å². The SMILES string of the molecule is CC(=O)Nc1ccc(NC(=O)NC2CCN(Cc3ccc(F)cc3)CC2)c(Cl)c1. The van der Waals surface area contributed by atoms with Crippen LogP contribution in [0.2, 0.25) is 5.02 Å². The van der Waals surface area contributed by atoms with Crippen molar-refractivity contribution in [2.24, 2.45) is 0 Å². The summed E-state index contributed by atoms with van der Waals surface area (Å²) in [4.78, 5) is 25.7. The first-order valence-corrected chi connectivity index (χ1v) is 9.88. The van der Waals surface area contributed by atoms with Gasteiger partial charge in [0.2, 0.25) is 5.91 Å². The maximum Gasteiger partial charge on any atom is 0.319 e. The molecule has 1 aliphatic rings. The third-order valence-corrected chi connectivity index (χ3v) is 5.09. The molecule has 2 aromatic carbocycles. The van der Waals surface area contributed by atoms with E-state index < -0.39 is 0 Å². The van der Waals surface area contributed by atoms with Gasteiger partial charge in [0.1, 0.15) is 5.82 Å². The number of benzene rings is 2. The second-order valence-electron chi connectivity index (χ2n) is 7.15. The fourth-order valence-electron chi connectivity index (χ4n) is 3.32. The lowest BCUT2D eigenvalue weighted by molar-refractivity contribution is -0.114. The number of likely N-dealkylation sites (tertiary alicyclic amines) is 1. The number of hydrogen-bond acceptors (Lipinski definition) is 3. The van der Waals surface area contributed by atoms with E-state index in [9.17, 15) is 14.0 Å². The molecule has 1 saturated heterocycles. The minimum Gasteiger partial charge on any atom is -0.335 e. The van der Waals surface area contributed by atoms with E-state index >= 15 is 0 Å². The Bertz CT molecular complexity index is 867. The zero-order chi connectivity index (χ0) is 20.8. The molecule has 0 aromatic heterocycles. The summed E-state index contributed by atoms with van der Waals surface area (Å²) in [5, 5.41) is 8.72. The summed E-state index contributed by atoms with van der Waals surface area (Å²) >= 11 is 6.18. The lowest BCUT2D eigenvalue weighted by Crippen LogP contribution is -2.45. The standard InChI is InChI=1S/C21H24ClFN4O2/c1-14(28)24-18-6-7-20(19(22)12-18)26-21(29)25-17-8-10-27(11-9-17)13-15-2-4-16(23)5-3-15/h2-7,12,17H,8-11,13H2,1H3,(H,24,28)(H2,25,26,29). The van der Waals surface area contributed by atoms with Crippen molar-refractivity contribution in [2.75, 3.05) is 23.7 Å². The van der Waals surface area contributed by atoms with Crippen LogP contribution in [0.15, 0.2) is 42.5 Å². The quantitative estimate of drug-likeness (QED) is 0.680. The summed E-state index contributed by atoms with van der Waals surface area (Å²) in [6.45, 7) is 3.90. The molecule has 1 aliphatic heterocycles. The van der Waals surface area contributed by atoms with E-state index in [1.165, 1.54) is 19.1 Å². The van der Waals surface area contributed by atoms with Crippen molar-refractivity contribution in [1.29, 1.82) is 0 Å². The molecule has 0 bridgehead atoms. The second kappa shape index (κ2) is 9.71. The first-order chi connectivity index (χ1) is 13.9. The maximum absolute atomic E-state index is 13.0. The maximum atomic E-state index is 13.0. The minimum atomic E-state index is -0.309. The molecule has 0 saturated carbocycles. The molecule has 154 valence electrons. The van der Waals surface area contributed by atoms with E-state index in [1.807, 2.05) is 0 Å². The van der Waals surface area contributed by atoms with Crippen LogP contribution in [-0.4, -0.2) is 36.0 Å². The van der Waals surface area contributed by atoms with Crippen LogP contribution in [0.4, 0.5) is 20.6 Å². The average Bonchev–Trinajstić information content (AvgIpc) is 2.67. The van der Waals surface area contributed by atoms with Crippen LogP contribution in [0.1, 0.15) is 25.3 Å². The number of rotatable bonds is 5. The Morgan fingerprint density at radius 3 is 2.41 bits per heavy atom. The van der Waals surface area contributed by atoms with Gasteiger partial charge in [0, 0.05) is 38.3 Å². The Hall–Kier alpha value is -2.64. The zero-order valence-electron chi connectivity index (χ0n) is 16.2. The van der Waals surface area contributed by atoms with Crippen molar-refractivity contribution in [3.63, 3.8) is 0 Å². The topological polar surface area (TPSA) is 73.5 Å². The van der Waals surface area contributed by atoms with Gasteiger partial charge in [-0.3, -0.25) is 9.69 Å². The highest BCUT2D eigenvalue weighted by Gasteiger charge is 2.21. The van der Waals surface area contributed by atoms with E-state index in [1.54, 1.807) is 30.3 Å². The molecule has 2 aromatic rings. The fourth-order valence-corrected chi connectivity index (χ4v) is 3.55. The summed E-state index contributed by atoms with van der Waals surface area (Å²) in [5.74, 6) is -0.419. The summed E-state index contributed by atoms with van der Waals surface area (Å²) in [6.07, 6.45) is 1.67. The molecule has 0 unspecified atom stereocenters. The number of halogens is 2. The van der Waals surface area contributed by atoms with Crippen LogP contribution in [-0.2, 0) is 11.3 Å². The molecule has 6 nitrogen and oxygen atoms in total. The van der Waals surface area contributed by atoms with Crippen molar-refractivity contribution < 1.29 is 14.0 Å². The number of hydrogen-bond donors (Lipinski definition) is 3. The van der Waals surface area contributed by atoms with Crippen LogP contribution in [0.3, 0.4) is 0 Å². The first kappa shape index (κ1) is 21.1. The molecule has 0 spiro atoms. The molecule has 3 rings (SSSR count). The number of amides is 3. The lowest BCUT2D eigenvalue weighted by Gasteiger charge is -2.32. The van der Waals surface area contributed by atoms with E-state index in [0.717, 1.165) is 38.0 Å². The van der Waals surface area contributed by atoms with Gasteiger partial charge in [0.15, 0.2) is 0 Å². The molecule has 0 radical (unpaired) electrons. The summed E-state index contributed by atoms with van der Waals surface area (Å²) in [5.41, 5.74) is 2.13. The van der Waals surface area contributed by atoms with Gasteiger partial charge in [0.25, 0.3) is 0 Å². The lowest BCUT2D eigenvalue weighted by atomic mass is 10.0. The van der Waals surface area contributed by atoms with Crippen LogP contribution in [0, 0.1) is 5.82 Å². The van der Waals surface area contributed by atoms with Gasteiger partial charge in [-0.05, 0) is 48.7 Å². The molecule has 3 N–H and O–H groups in total. The Kier molecular flexibility index (Phi) is 7.06. The predicted molar refractivity (Wildman–Crippen MR) is 113 cm³/mol. The van der Waals surface area contributed by atoms with Crippen molar-refractivity contribution >= 4 is 34.9 Å². The molecule has 1 heterocycles. The Morgan fingerprint density at radius 1 is 1.10 bits per heavy atom. The number of nitrogens with one attached hydrogen (secondary N) is 3. The summed E-state index contributed by atoms with van der Waals surface area (Å²) < 4.78 is 13.0. The molecule has 0 atom stereocenters. The first-order valence-electron chi connectivity index (χ1n) is 9.50. The van der Waals surface area contributed by atoms with Gasteiger partial charge >= 0.3 is 6.03 Å². The van der Waals surface area contributed by atoms with Gasteiger partial charge < -0.3 is 16.0 Å². The summed E-state index contributed by atoms with van der Waals surface area (Å²) in [7, 11) is 0. The van der Waals surface area contributed by atoms with Crippen LogP contribution in [0.25, 0.3) is 0 Å². The van der Waals surface area contributed by atoms with E-state index in [0.29, 0.717) is 16.4 Å². The van der Waals surface area contributed by atoms with Crippen LogP contribution >= 0.6 is 11.6 Å². The minimum absolute atomic E-state index is 0.0805. The van der Waals surface area contributed by atoms with Gasteiger partial charge in [-0.2, -0.15) is 0 Å². The van der Waals surface area contributed by atoms with Gasteiger partial charge in [-0.15, -0.1) is 0 Å². The number of carbonyl (C=O) groups excluding carboxylic acids is 2. The third-order valence-electron chi connectivity index (χ3n) is 4.78. The molecule has 1 fully saturated rings. The van der Waals surface area contributed by atoms with E-state index in [2.05, 4.69) is 20.9 Å². The molecular weight excluding hydrogens is 395 g/mol. The van der Waals surface area contributed by atoms with E-state index in [4.69, 9.17) is 11.6 Å². The monoisotopic (exact) mass is 418 g/mol. The highest BCUT2D eigenvalue weighted by Crippen LogP contribution is 2.25. The second-order valence-corrected chi connectivity index (χ2v) is 7.56. The van der Waals surface area contributed by atoms with Gasteiger partial charge in [-0.25, -0.2) is 9.18 Å². The Morgan fingerprint density at radius 2 is 1.79 bits per heavy atom. The van der Waals surface area contributed by atoms with Crippen molar-refractivity contribution in [1.82, 2.24) is 10.2 Å². The Balaban J connectivity index is 1.45. The van der Waals surface area contributed by atoms with Crippen molar-refractivity contribution in [2.45, 2.75) is 32.4 Å². The molecular formula is C21H24ClFN4O2. The van der Waals surface area contributed by atoms with Crippen molar-refractivity contribution in [3.8, 4) is 0 Å². The largest absolute Gasteiger partial charge is 0.335 e. The summed E-state index contributed by atoms with van der Waals surface area (Å²) in [6, 6.07) is 11.2. The van der Waals surface area contributed by atoms with Crippen LogP contribution in [0.5, 0.6) is 0 Å². The number of nitrogens with zero attached hydrogens (tertiary/aromatic N) is 1. The fraction of sp³-hybridized carbons (Fsp3) is 0.333. The van der Waals surface area contributed by atoms with Gasteiger partial charge in [0.05, 0.1) is 10.7 Å². The highest BCUT2D eigenvalue weighted by molar-refractivity contribution is 6.34. The number of piperidine rings is 1. The highest BCUT2D eigenvalue weighted by atomic mass is 35.5. The smallest absolute Gasteiger partial charge is 0.319 e. The van der Waals surface area contributed by atoms with E-state index in [-0.39, 0.29) is 23.8 Å². The normalized spacial score (nSPS) is 15.0. The van der Waals surface area contributed by atoms with Crippen LogP contribution < -0.4 is 16.0 Å². The third kappa shape index (κ3) is 6.44. The predicted octanol–water partition coefficient (Wildman–Crippen LogP) is 4.22.